The van der Waals surface area contributed by atoms with Crippen molar-refractivity contribution in [2.45, 2.75) is 20.0 Å². The molecular formula is C22H18FNO5. The number of para-hydroxylation sites is 1. The summed E-state index contributed by atoms with van der Waals surface area (Å²) < 4.78 is 24.3. The summed E-state index contributed by atoms with van der Waals surface area (Å²) in [5, 5.41) is 2.57. The van der Waals surface area contributed by atoms with Crippen LogP contribution in [-0.2, 0) is 9.53 Å². The Morgan fingerprint density at radius 2 is 1.69 bits per heavy atom. The number of ketones is 1. The van der Waals surface area contributed by atoms with Crippen molar-refractivity contribution >= 4 is 23.3 Å². The molecule has 1 amide bonds. The maximum Gasteiger partial charge on any atom is 0.375 e. The van der Waals surface area contributed by atoms with Crippen LogP contribution in [0.15, 0.2) is 65.1 Å². The third-order valence-electron chi connectivity index (χ3n) is 4.16. The van der Waals surface area contributed by atoms with Gasteiger partial charge in [-0.05, 0) is 50.2 Å². The number of anilines is 1. The largest absolute Gasteiger partial charge is 0.449 e. The zero-order valence-electron chi connectivity index (χ0n) is 15.8. The first-order chi connectivity index (χ1) is 13.9. The molecule has 148 valence electrons. The number of Topliss-reactive ketones (excluding diaryl/α,β-unsaturated/α-hetero) is 1. The number of amides is 1. The van der Waals surface area contributed by atoms with Gasteiger partial charge >= 0.3 is 5.97 Å². The van der Waals surface area contributed by atoms with Gasteiger partial charge in [0.2, 0.25) is 5.76 Å². The number of rotatable bonds is 6. The Kier molecular flexibility index (Phi) is 5.87. The predicted molar refractivity (Wildman–Crippen MR) is 104 cm³/mol. The van der Waals surface area contributed by atoms with E-state index in [4.69, 9.17) is 9.15 Å². The average Bonchev–Trinajstić information content (AvgIpc) is 3.18. The zero-order valence-corrected chi connectivity index (χ0v) is 15.8. The van der Waals surface area contributed by atoms with Crippen LogP contribution in [-0.4, -0.2) is 23.8 Å². The first-order valence-corrected chi connectivity index (χ1v) is 8.83. The molecule has 1 heterocycles. The third-order valence-corrected chi connectivity index (χ3v) is 4.16. The van der Waals surface area contributed by atoms with Crippen molar-refractivity contribution in [3.8, 4) is 11.3 Å². The lowest BCUT2D eigenvalue weighted by Crippen LogP contribution is -2.30. The van der Waals surface area contributed by atoms with Crippen molar-refractivity contribution < 1.29 is 27.9 Å². The van der Waals surface area contributed by atoms with Gasteiger partial charge in [0.25, 0.3) is 5.91 Å². The lowest BCUT2D eigenvalue weighted by molar-refractivity contribution is -0.123. The molecular weight excluding hydrogens is 377 g/mol. The summed E-state index contributed by atoms with van der Waals surface area (Å²) in [6.45, 7) is 2.78. The highest BCUT2D eigenvalue weighted by atomic mass is 19.1. The van der Waals surface area contributed by atoms with Crippen LogP contribution in [0.25, 0.3) is 11.3 Å². The number of benzene rings is 2. The fourth-order valence-electron chi connectivity index (χ4n) is 2.66. The Labute approximate surface area is 166 Å². The van der Waals surface area contributed by atoms with E-state index in [9.17, 15) is 18.8 Å². The first-order valence-electron chi connectivity index (χ1n) is 8.83. The molecule has 0 unspecified atom stereocenters. The van der Waals surface area contributed by atoms with E-state index in [-0.39, 0.29) is 22.9 Å². The summed E-state index contributed by atoms with van der Waals surface area (Å²) in [6.07, 6.45) is -1.15. The second-order valence-corrected chi connectivity index (χ2v) is 6.28. The van der Waals surface area contributed by atoms with Gasteiger partial charge in [0.05, 0.1) is 11.3 Å². The van der Waals surface area contributed by atoms with E-state index >= 15 is 0 Å². The summed E-state index contributed by atoms with van der Waals surface area (Å²) in [7, 11) is 0. The molecule has 3 aromatic rings. The van der Waals surface area contributed by atoms with E-state index < -0.39 is 23.8 Å². The van der Waals surface area contributed by atoms with E-state index in [1.54, 1.807) is 36.4 Å². The van der Waals surface area contributed by atoms with Crippen molar-refractivity contribution in [3.63, 3.8) is 0 Å². The molecule has 1 N–H and O–H groups in total. The van der Waals surface area contributed by atoms with Crippen LogP contribution >= 0.6 is 0 Å². The van der Waals surface area contributed by atoms with Crippen LogP contribution in [0.3, 0.4) is 0 Å². The van der Waals surface area contributed by atoms with Crippen molar-refractivity contribution in [1.29, 1.82) is 0 Å². The molecule has 6 nitrogen and oxygen atoms in total. The van der Waals surface area contributed by atoms with Crippen LogP contribution in [0, 0.1) is 5.82 Å². The molecule has 0 spiro atoms. The van der Waals surface area contributed by atoms with Gasteiger partial charge in [-0.2, -0.15) is 0 Å². The maximum absolute atomic E-state index is 13.8. The molecule has 0 bridgehead atoms. The lowest BCUT2D eigenvalue weighted by Gasteiger charge is -2.14. The highest BCUT2D eigenvalue weighted by molar-refractivity contribution is 6.05. The van der Waals surface area contributed by atoms with E-state index in [1.165, 1.54) is 38.1 Å². The number of halogens is 1. The van der Waals surface area contributed by atoms with Crippen LogP contribution in [0.5, 0.6) is 0 Å². The summed E-state index contributed by atoms with van der Waals surface area (Å²) in [6, 6.07) is 15.3. The molecule has 0 aliphatic carbocycles. The zero-order chi connectivity index (χ0) is 21.0. The monoisotopic (exact) mass is 395 g/mol. The highest BCUT2D eigenvalue weighted by Crippen LogP contribution is 2.25. The Morgan fingerprint density at radius 1 is 1.00 bits per heavy atom. The van der Waals surface area contributed by atoms with Gasteiger partial charge in [-0.25, -0.2) is 9.18 Å². The SMILES string of the molecule is CC(=O)c1ccccc1NC(=O)[C@@H](C)OC(=O)c1ccc(-c2ccccc2F)o1. The Bertz CT molecular complexity index is 1070. The molecule has 0 fully saturated rings. The van der Waals surface area contributed by atoms with Gasteiger partial charge < -0.3 is 14.5 Å². The van der Waals surface area contributed by atoms with Crippen molar-refractivity contribution in [2.75, 3.05) is 5.32 Å². The topological polar surface area (TPSA) is 85.6 Å². The minimum Gasteiger partial charge on any atom is -0.449 e. The van der Waals surface area contributed by atoms with Crippen molar-refractivity contribution in [2.24, 2.45) is 0 Å². The number of hydrogen-bond acceptors (Lipinski definition) is 5. The molecule has 7 heteroatoms. The van der Waals surface area contributed by atoms with E-state index in [2.05, 4.69) is 5.32 Å². The van der Waals surface area contributed by atoms with Gasteiger partial charge in [0.1, 0.15) is 11.6 Å². The number of carbonyl (C=O) groups excluding carboxylic acids is 3. The summed E-state index contributed by atoms with van der Waals surface area (Å²) in [4.78, 5) is 36.3. The minimum atomic E-state index is -1.15. The Balaban J connectivity index is 1.67. The Hall–Kier alpha value is -3.74. The molecule has 0 aliphatic heterocycles. The lowest BCUT2D eigenvalue weighted by atomic mass is 10.1. The molecule has 0 radical (unpaired) electrons. The van der Waals surface area contributed by atoms with Gasteiger partial charge in [0, 0.05) is 5.56 Å². The fourth-order valence-corrected chi connectivity index (χ4v) is 2.66. The van der Waals surface area contributed by atoms with Crippen LogP contribution in [0.2, 0.25) is 0 Å². The average molecular weight is 395 g/mol. The molecule has 1 aromatic heterocycles. The smallest absolute Gasteiger partial charge is 0.375 e. The second kappa shape index (κ2) is 8.52. The Morgan fingerprint density at radius 3 is 2.41 bits per heavy atom. The fraction of sp³-hybridized carbons (Fsp3) is 0.136. The van der Waals surface area contributed by atoms with Gasteiger partial charge in [-0.15, -0.1) is 0 Å². The highest BCUT2D eigenvalue weighted by Gasteiger charge is 2.23. The van der Waals surface area contributed by atoms with Crippen LogP contribution in [0.4, 0.5) is 10.1 Å². The van der Waals surface area contributed by atoms with Gasteiger partial charge in [-0.3, -0.25) is 9.59 Å². The van der Waals surface area contributed by atoms with Crippen molar-refractivity contribution in [1.82, 2.24) is 0 Å². The molecule has 0 saturated carbocycles. The standard InChI is InChI=1S/C22H18FNO5/c1-13(25)15-7-4-6-10-18(15)24-21(26)14(2)28-22(27)20-12-11-19(29-20)16-8-3-5-9-17(16)23/h3-12,14H,1-2H3,(H,24,26)/t14-/m1/s1. The number of ether oxygens (including phenoxy) is 1. The van der Waals surface area contributed by atoms with Crippen LogP contribution < -0.4 is 5.32 Å². The van der Waals surface area contributed by atoms with E-state index in [1.807, 2.05) is 0 Å². The molecule has 29 heavy (non-hydrogen) atoms. The molecule has 3 rings (SSSR count). The van der Waals surface area contributed by atoms with E-state index in [0.29, 0.717) is 11.3 Å². The summed E-state index contributed by atoms with van der Waals surface area (Å²) >= 11 is 0. The second-order valence-electron chi connectivity index (χ2n) is 6.28. The third kappa shape index (κ3) is 4.57. The maximum atomic E-state index is 13.8. The van der Waals surface area contributed by atoms with Gasteiger partial charge in [0.15, 0.2) is 11.9 Å². The first kappa shape index (κ1) is 20.0. The molecule has 1 atom stereocenters. The van der Waals surface area contributed by atoms with Crippen molar-refractivity contribution in [3.05, 3.63) is 77.8 Å². The molecule has 2 aromatic carbocycles. The number of esters is 1. The van der Waals surface area contributed by atoms with Gasteiger partial charge in [-0.1, -0.05) is 24.3 Å². The number of furan rings is 1. The van der Waals surface area contributed by atoms with E-state index in [0.717, 1.165) is 0 Å². The number of carbonyl (C=O) groups is 3. The number of hydrogen-bond donors (Lipinski definition) is 1. The summed E-state index contributed by atoms with van der Waals surface area (Å²) in [5.41, 5.74) is 0.880. The van der Waals surface area contributed by atoms with Crippen LogP contribution in [0.1, 0.15) is 34.8 Å². The normalized spacial score (nSPS) is 11.6. The molecule has 0 saturated heterocycles. The minimum absolute atomic E-state index is 0.160. The summed E-state index contributed by atoms with van der Waals surface area (Å²) in [5.74, 6) is -2.15. The molecule has 0 aliphatic rings. The quantitative estimate of drug-likeness (QED) is 0.492. The predicted octanol–water partition coefficient (Wildman–Crippen LogP) is 4.47. The number of nitrogens with one attached hydrogen (secondary N) is 1.